The van der Waals surface area contributed by atoms with Gasteiger partial charge < -0.3 is 4.74 Å². The third-order valence-electron chi connectivity index (χ3n) is 3.82. The Morgan fingerprint density at radius 1 is 1.26 bits per heavy atom. The van der Waals surface area contributed by atoms with Crippen molar-refractivity contribution in [3.8, 4) is 5.69 Å². The van der Waals surface area contributed by atoms with Crippen LogP contribution in [0.25, 0.3) is 22.8 Å². The standard InChI is InChI=1S/C19H13F3N2O3/c1-3-15-13(21)8-11-17(25)12(19(26)27-4-2)9-24(18(11)23-15)16-6-5-10(20)7-14(16)22/h3,5-9H,1,4H2,2H3. The zero-order valence-electron chi connectivity index (χ0n) is 14.1. The van der Waals surface area contributed by atoms with Gasteiger partial charge in [-0.2, -0.15) is 0 Å². The number of halogens is 3. The zero-order valence-corrected chi connectivity index (χ0v) is 14.1. The van der Waals surface area contributed by atoms with E-state index in [0.717, 1.165) is 35.0 Å². The number of ether oxygens (including phenoxy) is 1. The minimum Gasteiger partial charge on any atom is -0.462 e. The highest BCUT2D eigenvalue weighted by Crippen LogP contribution is 2.22. The minimum absolute atomic E-state index is 0.00321. The summed E-state index contributed by atoms with van der Waals surface area (Å²) >= 11 is 0. The lowest BCUT2D eigenvalue weighted by Gasteiger charge is -2.14. The first-order chi connectivity index (χ1) is 12.9. The van der Waals surface area contributed by atoms with Gasteiger partial charge in [0.15, 0.2) is 0 Å². The van der Waals surface area contributed by atoms with Crippen LogP contribution in [0.4, 0.5) is 13.2 Å². The maximum absolute atomic E-state index is 14.3. The Morgan fingerprint density at radius 3 is 2.63 bits per heavy atom. The van der Waals surface area contributed by atoms with Crippen LogP contribution >= 0.6 is 0 Å². The summed E-state index contributed by atoms with van der Waals surface area (Å²) in [6.07, 6.45) is 2.17. The van der Waals surface area contributed by atoms with Gasteiger partial charge in [0.1, 0.15) is 34.4 Å². The minimum atomic E-state index is -0.957. The molecule has 27 heavy (non-hydrogen) atoms. The molecular formula is C19H13F3N2O3. The Kier molecular flexibility index (Phi) is 4.81. The molecule has 0 fully saturated rings. The van der Waals surface area contributed by atoms with Gasteiger partial charge in [0.2, 0.25) is 5.43 Å². The molecule has 0 unspecified atom stereocenters. The van der Waals surface area contributed by atoms with Gasteiger partial charge in [0.05, 0.1) is 17.7 Å². The second-order valence-electron chi connectivity index (χ2n) is 5.49. The lowest BCUT2D eigenvalue weighted by Crippen LogP contribution is -2.22. The fourth-order valence-corrected chi connectivity index (χ4v) is 2.60. The van der Waals surface area contributed by atoms with Crippen molar-refractivity contribution in [2.45, 2.75) is 6.92 Å². The molecule has 0 aliphatic rings. The first-order valence-electron chi connectivity index (χ1n) is 7.88. The Bertz CT molecular complexity index is 1140. The van der Waals surface area contributed by atoms with Crippen molar-refractivity contribution < 1.29 is 22.7 Å². The summed E-state index contributed by atoms with van der Waals surface area (Å²) in [7, 11) is 0. The number of pyridine rings is 2. The Hall–Kier alpha value is -3.42. The van der Waals surface area contributed by atoms with E-state index in [-0.39, 0.29) is 29.0 Å². The molecule has 138 valence electrons. The average Bonchev–Trinajstić information content (AvgIpc) is 2.63. The summed E-state index contributed by atoms with van der Waals surface area (Å²) in [4.78, 5) is 28.7. The van der Waals surface area contributed by atoms with Crippen LogP contribution in [0.15, 0.2) is 41.8 Å². The monoisotopic (exact) mass is 374 g/mol. The molecule has 2 aromatic heterocycles. The van der Waals surface area contributed by atoms with E-state index in [0.29, 0.717) is 6.07 Å². The molecule has 8 heteroatoms. The Morgan fingerprint density at radius 2 is 2.00 bits per heavy atom. The number of rotatable bonds is 4. The van der Waals surface area contributed by atoms with Crippen molar-refractivity contribution in [2.75, 3.05) is 6.61 Å². The molecule has 5 nitrogen and oxygen atoms in total. The van der Waals surface area contributed by atoms with Crippen molar-refractivity contribution in [3.63, 3.8) is 0 Å². The predicted octanol–water partition coefficient (Wildman–Crippen LogP) is 3.62. The number of nitrogens with zero attached hydrogens (tertiary/aromatic N) is 2. The molecule has 0 N–H and O–H groups in total. The molecule has 0 atom stereocenters. The molecule has 1 aromatic carbocycles. The Labute approximate surface area is 151 Å². The van der Waals surface area contributed by atoms with E-state index in [1.54, 1.807) is 6.92 Å². The van der Waals surface area contributed by atoms with Gasteiger partial charge in [-0.05, 0) is 31.2 Å². The van der Waals surface area contributed by atoms with Crippen LogP contribution in [0.1, 0.15) is 23.0 Å². The molecule has 3 rings (SSSR count). The van der Waals surface area contributed by atoms with Gasteiger partial charge in [-0.25, -0.2) is 22.9 Å². The fourth-order valence-electron chi connectivity index (χ4n) is 2.60. The second-order valence-corrected chi connectivity index (χ2v) is 5.49. The van der Waals surface area contributed by atoms with Gasteiger partial charge in [-0.1, -0.05) is 6.58 Å². The topological polar surface area (TPSA) is 61.2 Å². The van der Waals surface area contributed by atoms with Crippen LogP contribution in [0.3, 0.4) is 0 Å². The van der Waals surface area contributed by atoms with E-state index in [9.17, 15) is 22.8 Å². The maximum Gasteiger partial charge on any atom is 0.343 e. The van der Waals surface area contributed by atoms with Crippen LogP contribution in [0.5, 0.6) is 0 Å². The van der Waals surface area contributed by atoms with Crippen LogP contribution in [-0.2, 0) is 4.74 Å². The molecule has 2 heterocycles. The summed E-state index contributed by atoms with van der Waals surface area (Å²) in [6, 6.07) is 3.65. The van der Waals surface area contributed by atoms with Crippen LogP contribution in [0, 0.1) is 17.5 Å². The largest absolute Gasteiger partial charge is 0.462 e. The molecule has 0 aliphatic heterocycles. The molecule has 0 saturated carbocycles. The predicted molar refractivity (Wildman–Crippen MR) is 93.3 cm³/mol. The Balaban J connectivity index is 2.45. The molecule has 3 aromatic rings. The van der Waals surface area contributed by atoms with Crippen molar-refractivity contribution in [1.82, 2.24) is 9.55 Å². The molecule has 0 amide bonds. The molecule has 0 saturated heterocycles. The van der Waals surface area contributed by atoms with Gasteiger partial charge in [0, 0.05) is 12.3 Å². The third kappa shape index (κ3) is 3.21. The quantitative estimate of drug-likeness (QED) is 0.655. The maximum atomic E-state index is 14.3. The SMILES string of the molecule is C=Cc1nc2c(cc1F)c(=O)c(C(=O)OCC)cn2-c1ccc(F)cc1F. The molecule has 0 spiro atoms. The van der Waals surface area contributed by atoms with Crippen LogP contribution < -0.4 is 5.43 Å². The van der Waals surface area contributed by atoms with Crippen LogP contribution in [0.2, 0.25) is 0 Å². The lowest BCUT2D eigenvalue weighted by atomic mass is 10.1. The lowest BCUT2D eigenvalue weighted by molar-refractivity contribution is 0.0524. The van der Waals surface area contributed by atoms with E-state index in [4.69, 9.17) is 4.74 Å². The number of esters is 1. The van der Waals surface area contributed by atoms with Crippen molar-refractivity contribution in [3.05, 3.63) is 76.0 Å². The van der Waals surface area contributed by atoms with Gasteiger partial charge in [-0.15, -0.1) is 0 Å². The summed E-state index contributed by atoms with van der Waals surface area (Å²) < 4.78 is 47.6. The highest BCUT2D eigenvalue weighted by molar-refractivity contribution is 5.93. The molecular weight excluding hydrogens is 361 g/mol. The van der Waals surface area contributed by atoms with Gasteiger partial charge >= 0.3 is 5.97 Å². The van der Waals surface area contributed by atoms with E-state index in [2.05, 4.69) is 11.6 Å². The molecule has 0 bridgehead atoms. The van der Waals surface area contributed by atoms with Crippen molar-refractivity contribution in [1.29, 1.82) is 0 Å². The zero-order chi connectivity index (χ0) is 19.7. The first-order valence-corrected chi connectivity index (χ1v) is 7.88. The fraction of sp³-hybridized carbons (Fsp3) is 0.105. The number of carbonyl (C=O) groups excluding carboxylic acids is 1. The van der Waals surface area contributed by atoms with Gasteiger partial charge in [0.25, 0.3) is 0 Å². The van der Waals surface area contributed by atoms with E-state index >= 15 is 0 Å². The molecule has 0 aliphatic carbocycles. The number of carbonyl (C=O) groups is 1. The first kappa shape index (κ1) is 18.4. The third-order valence-corrected chi connectivity index (χ3v) is 3.82. The summed E-state index contributed by atoms with van der Waals surface area (Å²) in [5.41, 5.74) is -1.71. The number of hydrogen-bond acceptors (Lipinski definition) is 4. The summed E-state index contributed by atoms with van der Waals surface area (Å²) in [6.45, 7) is 4.99. The van der Waals surface area contributed by atoms with Crippen molar-refractivity contribution >= 4 is 23.1 Å². The average molecular weight is 374 g/mol. The number of aromatic nitrogens is 2. The molecule has 0 radical (unpaired) electrons. The second kappa shape index (κ2) is 7.06. The van der Waals surface area contributed by atoms with Crippen LogP contribution in [-0.4, -0.2) is 22.1 Å². The van der Waals surface area contributed by atoms with E-state index in [1.807, 2.05) is 0 Å². The number of fused-ring (bicyclic) bond motifs is 1. The highest BCUT2D eigenvalue weighted by atomic mass is 19.1. The number of benzene rings is 1. The van der Waals surface area contributed by atoms with Crippen molar-refractivity contribution in [2.24, 2.45) is 0 Å². The van der Waals surface area contributed by atoms with E-state index in [1.165, 1.54) is 0 Å². The van der Waals surface area contributed by atoms with Gasteiger partial charge in [-0.3, -0.25) is 9.36 Å². The summed E-state index contributed by atoms with van der Waals surface area (Å²) in [5, 5.41) is -0.257. The number of hydrogen-bond donors (Lipinski definition) is 0. The smallest absolute Gasteiger partial charge is 0.343 e. The van der Waals surface area contributed by atoms with E-state index < -0.39 is 34.4 Å². The normalized spacial score (nSPS) is 10.8. The highest BCUT2D eigenvalue weighted by Gasteiger charge is 2.21. The summed E-state index contributed by atoms with van der Waals surface area (Å²) in [5.74, 6) is -3.55.